The molecule has 0 spiro atoms. The molecule has 6 nitrogen and oxygen atoms in total. The molecule has 3 aromatic heterocycles. The van der Waals surface area contributed by atoms with Gasteiger partial charge in [-0.25, -0.2) is 4.98 Å². The van der Waals surface area contributed by atoms with Crippen molar-refractivity contribution in [3.8, 4) is 11.3 Å². The molecule has 0 N–H and O–H groups in total. The Balaban J connectivity index is 1.34. The van der Waals surface area contributed by atoms with Crippen LogP contribution in [0.5, 0.6) is 0 Å². The van der Waals surface area contributed by atoms with Crippen LogP contribution < -0.4 is 0 Å². The highest BCUT2D eigenvalue weighted by molar-refractivity contribution is 7.15. The molecule has 4 aromatic rings. The number of furan rings is 1. The molecule has 0 saturated carbocycles. The van der Waals surface area contributed by atoms with Gasteiger partial charge < -0.3 is 9.32 Å². The molecule has 0 atom stereocenters. The number of imidazole rings is 1. The maximum atomic E-state index is 12.5. The summed E-state index contributed by atoms with van der Waals surface area (Å²) in [7, 11) is 0. The quantitative estimate of drug-likeness (QED) is 0.515. The first-order chi connectivity index (χ1) is 14.2. The van der Waals surface area contributed by atoms with E-state index < -0.39 is 0 Å². The normalized spacial score (nSPS) is 15.3. The Morgan fingerprint density at radius 1 is 1.14 bits per heavy atom. The number of carbonyl (C=O) groups excluding carboxylic acids is 1. The van der Waals surface area contributed by atoms with Crippen LogP contribution in [0.1, 0.15) is 21.8 Å². The van der Waals surface area contributed by atoms with Crippen LogP contribution in [-0.2, 0) is 6.54 Å². The molecule has 1 aliphatic rings. The molecule has 0 aliphatic carbocycles. The maximum absolute atomic E-state index is 12.5. The molecule has 0 bridgehead atoms. The van der Waals surface area contributed by atoms with Crippen LogP contribution in [-0.4, -0.2) is 51.3 Å². The topological polar surface area (TPSA) is 54.0 Å². The third-order valence-electron chi connectivity index (χ3n) is 5.45. The lowest BCUT2D eigenvalue weighted by atomic mass is 10.1. The van der Waals surface area contributed by atoms with E-state index in [0.29, 0.717) is 18.8 Å². The molecular weight excluding hydrogens is 384 g/mol. The summed E-state index contributed by atoms with van der Waals surface area (Å²) in [6, 6.07) is 12.0. The average molecular weight is 407 g/mol. The molecule has 4 heterocycles. The van der Waals surface area contributed by atoms with E-state index in [1.807, 2.05) is 4.90 Å². The minimum atomic E-state index is -0.0282. The minimum Gasteiger partial charge on any atom is -0.459 e. The summed E-state index contributed by atoms with van der Waals surface area (Å²) in [4.78, 5) is 22.7. The molecule has 148 valence electrons. The van der Waals surface area contributed by atoms with Gasteiger partial charge in [0.1, 0.15) is 0 Å². The second kappa shape index (κ2) is 7.50. The largest absolute Gasteiger partial charge is 0.459 e. The average Bonchev–Trinajstić information content (AvgIpc) is 3.48. The minimum absolute atomic E-state index is 0.0282. The van der Waals surface area contributed by atoms with Gasteiger partial charge in [-0.05, 0) is 19.1 Å². The number of nitrogens with zero attached hydrogens (tertiary/aromatic N) is 4. The Morgan fingerprint density at radius 3 is 2.66 bits per heavy atom. The first-order valence-electron chi connectivity index (χ1n) is 9.75. The third kappa shape index (κ3) is 3.47. The van der Waals surface area contributed by atoms with Gasteiger partial charge >= 0.3 is 0 Å². The predicted molar refractivity (Wildman–Crippen MR) is 113 cm³/mol. The first kappa shape index (κ1) is 18.1. The lowest BCUT2D eigenvalue weighted by Gasteiger charge is -2.34. The lowest BCUT2D eigenvalue weighted by molar-refractivity contribution is 0.0596. The molecule has 0 radical (unpaired) electrons. The number of hydrogen-bond donors (Lipinski definition) is 0. The van der Waals surface area contributed by atoms with E-state index in [4.69, 9.17) is 9.40 Å². The Morgan fingerprint density at radius 2 is 1.93 bits per heavy atom. The fourth-order valence-corrected chi connectivity index (χ4v) is 4.54. The molecule has 7 heteroatoms. The number of benzene rings is 1. The van der Waals surface area contributed by atoms with Gasteiger partial charge in [-0.2, -0.15) is 0 Å². The zero-order valence-corrected chi connectivity index (χ0v) is 17.1. The van der Waals surface area contributed by atoms with E-state index in [1.165, 1.54) is 11.3 Å². The fraction of sp³-hybridized carbons (Fsp3) is 0.273. The van der Waals surface area contributed by atoms with Crippen LogP contribution in [0.4, 0.5) is 0 Å². The monoisotopic (exact) mass is 406 g/mol. The van der Waals surface area contributed by atoms with Crippen molar-refractivity contribution < 1.29 is 9.21 Å². The second-order valence-corrected chi connectivity index (χ2v) is 8.25. The van der Waals surface area contributed by atoms with Crippen LogP contribution in [0, 0.1) is 6.92 Å². The summed E-state index contributed by atoms with van der Waals surface area (Å²) in [5.41, 5.74) is 4.64. The van der Waals surface area contributed by atoms with Crippen molar-refractivity contribution >= 4 is 22.2 Å². The maximum Gasteiger partial charge on any atom is 0.289 e. The van der Waals surface area contributed by atoms with Crippen LogP contribution in [0.3, 0.4) is 0 Å². The zero-order valence-electron chi connectivity index (χ0n) is 16.2. The number of hydrogen-bond acceptors (Lipinski definition) is 5. The van der Waals surface area contributed by atoms with Gasteiger partial charge in [0, 0.05) is 49.9 Å². The van der Waals surface area contributed by atoms with Gasteiger partial charge in [-0.1, -0.05) is 29.8 Å². The van der Waals surface area contributed by atoms with Gasteiger partial charge in [0.05, 0.1) is 17.7 Å². The second-order valence-electron chi connectivity index (χ2n) is 7.37. The molecule has 29 heavy (non-hydrogen) atoms. The van der Waals surface area contributed by atoms with Gasteiger partial charge in [-0.3, -0.25) is 14.1 Å². The zero-order chi connectivity index (χ0) is 19.8. The molecule has 1 fully saturated rings. The van der Waals surface area contributed by atoms with E-state index in [2.05, 4.69) is 52.1 Å². The lowest BCUT2D eigenvalue weighted by Crippen LogP contribution is -2.48. The van der Waals surface area contributed by atoms with Crippen molar-refractivity contribution in [2.75, 3.05) is 26.2 Å². The molecular formula is C22H22N4O2S. The van der Waals surface area contributed by atoms with Gasteiger partial charge in [0.25, 0.3) is 5.91 Å². The SMILES string of the molecule is Cc1ccc(-c2nc3sccn3c2CN2CCN(C(=O)c3ccco3)CC2)cc1. The van der Waals surface area contributed by atoms with E-state index in [0.717, 1.165) is 35.9 Å². The number of thiazole rings is 1. The van der Waals surface area contributed by atoms with Crippen molar-refractivity contribution in [2.45, 2.75) is 13.5 Å². The van der Waals surface area contributed by atoms with Gasteiger partial charge in [0.15, 0.2) is 10.7 Å². The summed E-state index contributed by atoms with van der Waals surface area (Å²) in [5.74, 6) is 0.385. The third-order valence-corrected chi connectivity index (χ3v) is 6.21. The van der Waals surface area contributed by atoms with Crippen molar-refractivity contribution in [1.29, 1.82) is 0 Å². The Kier molecular flexibility index (Phi) is 4.69. The molecule has 0 unspecified atom stereocenters. The van der Waals surface area contributed by atoms with Crippen molar-refractivity contribution in [3.05, 3.63) is 71.3 Å². The van der Waals surface area contributed by atoms with Crippen LogP contribution >= 0.6 is 11.3 Å². The number of rotatable bonds is 4. The van der Waals surface area contributed by atoms with Crippen molar-refractivity contribution in [3.63, 3.8) is 0 Å². The van der Waals surface area contributed by atoms with Crippen LogP contribution in [0.25, 0.3) is 16.2 Å². The molecule has 1 amide bonds. The number of fused-ring (bicyclic) bond motifs is 1. The molecule has 1 saturated heterocycles. The number of carbonyl (C=O) groups is 1. The highest BCUT2D eigenvalue weighted by Gasteiger charge is 2.25. The van der Waals surface area contributed by atoms with Gasteiger partial charge in [0.2, 0.25) is 0 Å². The van der Waals surface area contributed by atoms with E-state index in [1.54, 1.807) is 29.7 Å². The summed E-state index contributed by atoms with van der Waals surface area (Å²) in [6.07, 6.45) is 3.64. The molecule has 1 aliphatic heterocycles. The predicted octanol–water partition coefficient (Wildman–Crippen LogP) is 3.92. The first-order valence-corrected chi connectivity index (χ1v) is 10.6. The standard InChI is InChI=1S/C22H22N4O2S/c1-16-4-6-17(7-5-16)20-18(26-12-14-29-22(26)23-20)15-24-8-10-25(11-9-24)21(27)19-3-2-13-28-19/h2-7,12-14H,8-11,15H2,1H3. The summed E-state index contributed by atoms with van der Waals surface area (Å²) in [6.45, 7) is 5.97. The number of amides is 1. The fourth-order valence-electron chi connectivity index (χ4n) is 3.80. The van der Waals surface area contributed by atoms with E-state index >= 15 is 0 Å². The number of piperazine rings is 1. The summed E-state index contributed by atoms with van der Waals surface area (Å²) >= 11 is 1.65. The number of aromatic nitrogens is 2. The highest BCUT2D eigenvalue weighted by Crippen LogP contribution is 2.28. The summed E-state index contributed by atoms with van der Waals surface area (Å²) in [5, 5.41) is 2.07. The molecule has 1 aromatic carbocycles. The highest BCUT2D eigenvalue weighted by atomic mass is 32.1. The van der Waals surface area contributed by atoms with Crippen LogP contribution in [0.2, 0.25) is 0 Å². The van der Waals surface area contributed by atoms with Crippen molar-refractivity contribution in [1.82, 2.24) is 19.2 Å². The Hall–Kier alpha value is -2.90. The number of aryl methyl sites for hydroxylation is 1. The molecule has 5 rings (SSSR count). The summed E-state index contributed by atoms with van der Waals surface area (Å²) < 4.78 is 7.45. The van der Waals surface area contributed by atoms with Crippen LogP contribution in [0.15, 0.2) is 58.7 Å². The van der Waals surface area contributed by atoms with E-state index in [9.17, 15) is 4.79 Å². The van der Waals surface area contributed by atoms with E-state index in [-0.39, 0.29) is 5.91 Å². The van der Waals surface area contributed by atoms with Gasteiger partial charge in [-0.15, -0.1) is 11.3 Å². The Labute approximate surface area is 173 Å². The smallest absolute Gasteiger partial charge is 0.289 e. The Bertz CT molecular complexity index is 1120. The van der Waals surface area contributed by atoms with Crippen molar-refractivity contribution in [2.24, 2.45) is 0 Å².